The minimum Gasteiger partial charge on any atom is -0.467 e. The van der Waals surface area contributed by atoms with E-state index < -0.39 is 0 Å². The average Bonchev–Trinajstić information content (AvgIpc) is 3.41. The molecule has 0 aliphatic carbocycles. The second-order valence-electron chi connectivity index (χ2n) is 7.24. The molecule has 1 saturated heterocycles. The number of thiocarbonyl (C=S) groups is 1. The summed E-state index contributed by atoms with van der Waals surface area (Å²) in [5, 5.41) is 12.9. The number of carbonyl (C=O) groups excluding carboxylic acids is 1. The molecule has 0 saturated carbocycles. The van der Waals surface area contributed by atoms with Crippen LogP contribution in [-0.4, -0.2) is 39.5 Å². The van der Waals surface area contributed by atoms with Crippen LogP contribution in [0.25, 0.3) is 6.08 Å². The number of nitriles is 1. The van der Waals surface area contributed by atoms with E-state index in [0.29, 0.717) is 71.2 Å². The number of anilines is 1. The van der Waals surface area contributed by atoms with Crippen LogP contribution in [0.5, 0.6) is 0 Å². The van der Waals surface area contributed by atoms with Crippen LogP contribution in [0.3, 0.4) is 0 Å². The van der Waals surface area contributed by atoms with Crippen molar-refractivity contribution in [3.63, 3.8) is 0 Å². The fourth-order valence-corrected chi connectivity index (χ4v) is 4.82. The van der Waals surface area contributed by atoms with Crippen molar-refractivity contribution in [2.45, 2.75) is 40.3 Å². The predicted octanol–water partition coefficient (Wildman–Crippen LogP) is 3.88. The monoisotopic (exact) mass is 486 g/mol. The number of nitrogens with one attached hydrogen (secondary N) is 1. The second kappa shape index (κ2) is 11.3. The third-order valence-electron chi connectivity index (χ3n) is 5.22. The van der Waals surface area contributed by atoms with Gasteiger partial charge >= 0.3 is 0 Å². The van der Waals surface area contributed by atoms with Crippen LogP contribution in [0, 0.1) is 18.3 Å². The Bertz CT molecular complexity index is 1160. The first kappa shape index (κ1) is 24.8. The van der Waals surface area contributed by atoms with Crippen LogP contribution in [0.1, 0.15) is 42.7 Å². The molecule has 174 valence electrons. The Morgan fingerprint density at radius 3 is 2.79 bits per heavy atom. The molecule has 3 rings (SSSR count). The van der Waals surface area contributed by atoms with E-state index >= 15 is 0 Å². The lowest BCUT2D eigenvalue weighted by atomic mass is 10.0. The normalized spacial score (nSPS) is 14.8. The predicted molar refractivity (Wildman–Crippen MR) is 133 cm³/mol. The summed E-state index contributed by atoms with van der Waals surface area (Å²) in [5.41, 5.74) is 0.795. The zero-order valence-electron chi connectivity index (χ0n) is 18.8. The molecule has 1 N–H and O–H groups in total. The van der Waals surface area contributed by atoms with Gasteiger partial charge in [-0.1, -0.05) is 24.0 Å². The number of carbonyl (C=O) groups is 1. The van der Waals surface area contributed by atoms with E-state index in [-0.39, 0.29) is 17.0 Å². The molecule has 0 spiro atoms. The number of furan rings is 1. The number of ether oxygens (including phenoxy) is 1. The number of pyridine rings is 1. The molecular formula is C23H26N4O4S2. The van der Waals surface area contributed by atoms with Crippen molar-refractivity contribution in [1.29, 1.82) is 5.26 Å². The number of aromatic nitrogens is 1. The lowest BCUT2D eigenvalue weighted by Gasteiger charge is -2.19. The fraction of sp³-hybridized carbons (Fsp3) is 0.391. The summed E-state index contributed by atoms with van der Waals surface area (Å²) >= 11 is 6.64. The molecule has 1 amide bonds. The van der Waals surface area contributed by atoms with Gasteiger partial charge in [0.05, 0.1) is 17.7 Å². The molecule has 0 unspecified atom stereocenters. The maximum absolute atomic E-state index is 13.1. The van der Waals surface area contributed by atoms with E-state index in [1.807, 2.05) is 26.0 Å². The molecule has 0 aromatic carbocycles. The Kier molecular flexibility index (Phi) is 8.49. The van der Waals surface area contributed by atoms with Crippen LogP contribution in [0.15, 0.2) is 32.5 Å². The number of rotatable bonds is 10. The van der Waals surface area contributed by atoms with Gasteiger partial charge in [-0.3, -0.25) is 19.1 Å². The van der Waals surface area contributed by atoms with E-state index in [9.17, 15) is 14.9 Å². The molecule has 0 radical (unpaired) electrons. The van der Waals surface area contributed by atoms with Gasteiger partial charge in [0, 0.05) is 31.9 Å². The number of thioether (sulfide) groups is 1. The maximum atomic E-state index is 13.1. The molecule has 0 bridgehead atoms. The Morgan fingerprint density at radius 1 is 1.36 bits per heavy atom. The van der Waals surface area contributed by atoms with Crippen LogP contribution in [-0.2, 0) is 22.6 Å². The molecule has 33 heavy (non-hydrogen) atoms. The van der Waals surface area contributed by atoms with E-state index in [0.717, 1.165) is 0 Å². The van der Waals surface area contributed by atoms with Crippen molar-refractivity contribution >= 4 is 46.1 Å². The SMILES string of the molecule is CCOCCCN1C(=O)/C(=C/c2c(C)c(C#N)c(=O)n(CC)c2NCc2ccco2)SC1=S. The van der Waals surface area contributed by atoms with Gasteiger partial charge in [0.25, 0.3) is 11.5 Å². The van der Waals surface area contributed by atoms with Crippen molar-refractivity contribution in [3.8, 4) is 6.07 Å². The molecule has 1 aliphatic heterocycles. The summed E-state index contributed by atoms with van der Waals surface area (Å²) in [6.07, 6.45) is 3.97. The summed E-state index contributed by atoms with van der Waals surface area (Å²) in [6, 6.07) is 5.63. The molecular weight excluding hydrogens is 460 g/mol. The minimum atomic E-state index is -0.375. The number of hydrogen-bond acceptors (Lipinski definition) is 8. The summed E-state index contributed by atoms with van der Waals surface area (Å²) in [4.78, 5) is 28.0. The largest absolute Gasteiger partial charge is 0.467 e. The Balaban J connectivity index is 2.01. The van der Waals surface area contributed by atoms with Gasteiger partial charge in [0.2, 0.25) is 0 Å². The van der Waals surface area contributed by atoms with Gasteiger partial charge in [-0.25, -0.2) is 0 Å². The summed E-state index contributed by atoms with van der Waals surface area (Å²) in [5.74, 6) is 1.03. The number of nitrogens with zero attached hydrogens (tertiary/aromatic N) is 3. The number of amides is 1. The Hall–Kier alpha value is -2.87. The quantitative estimate of drug-likeness (QED) is 0.307. The highest BCUT2D eigenvalue weighted by Gasteiger charge is 2.32. The van der Waals surface area contributed by atoms with Gasteiger partial charge in [-0.15, -0.1) is 0 Å². The van der Waals surface area contributed by atoms with E-state index in [2.05, 4.69) is 5.32 Å². The first-order chi connectivity index (χ1) is 15.9. The standard InChI is InChI=1S/C23H26N4O4S2/c1-4-26-20(25-14-16-8-6-11-31-16)17(15(3)18(13-24)21(26)28)12-19-22(29)27(23(32)33-19)9-7-10-30-5-2/h6,8,11-12,25H,4-5,7,9-10,14H2,1-3H3/b19-12-. The molecule has 2 aromatic rings. The van der Waals surface area contributed by atoms with Crippen LogP contribution in [0.4, 0.5) is 5.82 Å². The lowest BCUT2D eigenvalue weighted by molar-refractivity contribution is -0.122. The molecule has 10 heteroatoms. The molecule has 0 atom stereocenters. The van der Waals surface area contributed by atoms with Crippen LogP contribution in [0.2, 0.25) is 0 Å². The zero-order chi connectivity index (χ0) is 24.0. The maximum Gasteiger partial charge on any atom is 0.270 e. The van der Waals surface area contributed by atoms with Crippen molar-refractivity contribution < 1.29 is 13.9 Å². The molecule has 8 nitrogen and oxygen atoms in total. The first-order valence-corrected chi connectivity index (χ1v) is 11.9. The van der Waals surface area contributed by atoms with Crippen molar-refractivity contribution in [3.05, 3.63) is 56.1 Å². The highest BCUT2D eigenvalue weighted by atomic mass is 32.2. The molecule has 2 aromatic heterocycles. The van der Waals surface area contributed by atoms with Crippen LogP contribution >= 0.6 is 24.0 Å². The van der Waals surface area contributed by atoms with Gasteiger partial charge in [-0.05, 0) is 51.0 Å². The van der Waals surface area contributed by atoms with Gasteiger partial charge in [0.15, 0.2) is 0 Å². The lowest BCUT2D eigenvalue weighted by Crippen LogP contribution is -2.30. The van der Waals surface area contributed by atoms with Gasteiger partial charge in [0.1, 0.15) is 27.5 Å². The highest BCUT2D eigenvalue weighted by molar-refractivity contribution is 8.26. The second-order valence-corrected chi connectivity index (χ2v) is 8.92. The topological polar surface area (TPSA) is 101 Å². The Labute approximate surface area is 202 Å². The average molecular weight is 487 g/mol. The van der Waals surface area contributed by atoms with E-state index in [1.54, 1.807) is 30.2 Å². The fourth-order valence-electron chi connectivity index (χ4n) is 3.53. The molecule has 1 fully saturated rings. The third-order valence-corrected chi connectivity index (χ3v) is 6.60. The van der Waals surface area contributed by atoms with E-state index in [4.69, 9.17) is 21.4 Å². The summed E-state index contributed by atoms with van der Waals surface area (Å²) in [7, 11) is 0. The summed E-state index contributed by atoms with van der Waals surface area (Å²) < 4.78 is 12.7. The third kappa shape index (κ3) is 5.38. The van der Waals surface area contributed by atoms with Crippen molar-refractivity contribution in [1.82, 2.24) is 9.47 Å². The Morgan fingerprint density at radius 2 is 2.15 bits per heavy atom. The first-order valence-electron chi connectivity index (χ1n) is 10.7. The van der Waals surface area contributed by atoms with Gasteiger partial charge < -0.3 is 14.5 Å². The van der Waals surface area contributed by atoms with Crippen molar-refractivity contribution in [2.24, 2.45) is 0 Å². The highest BCUT2D eigenvalue weighted by Crippen LogP contribution is 2.35. The van der Waals surface area contributed by atoms with E-state index in [1.165, 1.54) is 16.3 Å². The van der Waals surface area contributed by atoms with Gasteiger partial charge in [-0.2, -0.15) is 5.26 Å². The van der Waals surface area contributed by atoms with Crippen LogP contribution < -0.4 is 10.9 Å². The smallest absolute Gasteiger partial charge is 0.270 e. The molecule has 3 heterocycles. The molecule has 1 aliphatic rings. The number of hydrogen-bond donors (Lipinski definition) is 1. The summed E-state index contributed by atoms with van der Waals surface area (Å²) in [6.45, 7) is 7.82. The zero-order valence-corrected chi connectivity index (χ0v) is 20.5. The van der Waals surface area contributed by atoms with Crippen molar-refractivity contribution in [2.75, 3.05) is 25.1 Å². The minimum absolute atomic E-state index is 0.0545.